The summed E-state index contributed by atoms with van der Waals surface area (Å²) in [5, 5.41) is 3.64. The van der Waals surface area contributed by atoms with Crippen molar-refractivity contribution in [3.05, 3.63) is 54.1 Å². The SMILES string of the molecule is CC(C)(C)c1ccc2c(c1)N(S(=O)(=O)c1ccccc1)C[C@@H](C(=O)NCCSC1CCCC1)O2. The number of nitrogens with one attached hydrogen (secondary N) is 1. The first-order valence-corrected chi connectivity index (χ1v) is 14.4. The van der Waals surface area contributed by atoms with Crippen molar-refractivity contribution in [1.29, 1.82) is 0 Å². The Morgan fingerprint density at radius 1 is 1.12 bits per heavy atom. The Balaban J connectivity index is 1.56. The van der Waals surface area contributed by atoms with E-state index in [4.69, 9.17) is 4.74 Å². The van der Waals surface area contributed by atoms with Crippen molar-refractivity contribution in [1.82, 2.24) is 5.32 Å². The van der Waals surface area contributed by atoms with Gasteiger partial charge in [-0.05, 0) is 48.1 Å². The molecular formula is C26H34N2O4S2. The summed E-state index contributed by atoms with van der Waals surface area (Å²) in [4.78, 5) is 13.2. The average molecular weight is 503 g/mol. The number of carbonyl (C=O) groups is 1. The van der Waals surface area contributed by atoms with E-state index in [0.29, 0.717) is 23.2 Å². The summed E-state index contributed by atoms with van der Waals surface area (Å²) in [6.45, 7) is 6.71. The van der Waals surface area contributed by atoms with Gasteiger partial charge in [-0.25, -0.2) is 8.42 Å². The summed E-state index contributed by atoms with van der Waals surface area (Å²) in [6.07, 6.45) is 4.18. The van der Waals surface area contributed by atoms with E-state index in [2.05, 4.69) is 26.1 Å². The maximum absolute atomic E-state index is 13.6. The van der Waals surface area contributed by atoms with Gasteiger partial charge >= 0.3 is 0 Å². The zero-order chi connectivity index (χ0) is 24.3. The van der Waals surface area contributed by atoms with Crippen molar-refractivity contribution < 1.29 is 17.9 Å². The fraction of sp³-hybridized carbons (Fsp3) is 0.500. The second-order valence-electron chi connectivity index (χ2n) is 9.96. The highest BCUT2D eigenvalue weighted by Crippen LogP contribution is 2.40. The second-order valence-corrected chi connectivity index (χ2v) is 13.2. The predicted molar refractivity (Wildman–Crippen MR) is 138 cm³/mol. The highest BCUT2D eigenvalue weighted by Gasteiger charge is 2.38. The molecule has 0 spiro atoms. The molecule has 1 N–H and O–H groups in total. The van der Waals surface area contributed by atoms with E-state index in [9.17, 15) is 13.2 Å². The monoisotopic (exact) mass is 502 g/mol. The molecule has 1 heterocycles. The molecule has 1 aliphatic heterocycles. The Labute approximate surface area is 207 Å². The normalized spacial score (nSPS) is 18.9. The largest absolute Gasteiger partial charge is 0.476 e. The maximum atomic E-state index is 13.6. The van der Waals surface area contributed by atoms with Crippen molar-refractivity contribution in [2.75, 3.05) is 23.1 Å². The van der Waals surface area contributed by atoms with Crippen LogP contribution < -0.4 is 14.4 Å². The number of thioether (sulfide) groups is 1. The van der Waals surface area contributed by atoms with Gasteiger partial charge in [-0.15, -0.1) is 0 Å². The molecule has 1 saturated carbocycles. The van der Waals surface area contributed by atoms with Crippen LogP contribution in [0, 0.1) is 0 Å². The van der Waals surface area contributed by atoms with E-state index in [1.807, 2.05) is 23.9 Å². The molecule has 1 fully saturated rings. The van der Waals surface area contributed by atoms with Crippen LogP contribution in [0.1, 0.15) is 52.0 Å². The molecule has 1 aliphatic carbocycles. The van der Waals surface area contributed by atoms with Gasteiger partial charge in [0.1, 0.15) is 5.75 Å². The van der Waals surface area contributed by atoms with Gasteiger partial charge in [0, 0.05) is 17.5 Å². The summed E-state index contributed by atoms with van der Waals surface area (Å²) in [5.74, 6) is 0.964. The van der Waals surface area contributed by atoms with E-state index in [0.717, 1.165) is 11.3 Å². The molecule has 0 aromatic heterocycles. The van der Waals surface area contributed by atoms with E-state index in [-0.39, 0.29) is 22.8 Å². The predicted octanol–water partition coefficient (Wildman–Crippen LogP) is 4.73. The number of anilines is 1. The van der Waals surface area contributed by atoms with Crippen LogP contribution in [-0.2, 0) is 20.2 Å². The van der Waals surface area contributed by atoms with Gasteiger partial charge in [-0.3, -0.25) is 9.10 Å². The Bertz CT molecular complexity index is 1110. The third-order valence-corrected chi connectivity index (χ3v) is 9.55. The molecule has 1 amide bonds. The fourth-order valence-electron chi connectivity index (χ4n) is 4.37. The van der Waals surface area contributed by atoms with Crippen LogP contribution in [0.15, 0.2) is 53.4 Å². The fourth-order valence-corrected chi connectivity index (χ4v) is 7.08. The number of sulfonamides is 1. The summed E-state index contributed by atoms with van der Waals surface area (Å²) < 4.78 is 34.6. The van der Waals surface area contributed by atoms with E-state index >= 15 is 0 Å². The van der Waals surface area contributed by atoms with Gasteiger partial charge in [-0.2, -0.15) is 11.8 Å². The molecule has 2 aromatic rings. The summed E-state index contributed by atoms with van der Waals surface area (Å²) >= 11 is 1.91. The minimum absolute atomic E-state index is 0.0700. The highest BCUT2D eigenvalue weighted by atomic mass is 32.2. The lowest BCUT2D eigenvalue weighted by Gasteiger charge is -2.36. The topological polar surface area (TPSA) is 75.7 Å². The first-order valence-electron chi connectivity index (χ1n) is 11.9. The summed E-state index contributed by atoms with van der Waals surface area (Å²) in [7, 11) is -3.87. The average Bonchev–Trinajstić information content (AvgIpc) is 3.34. The van der Waals surface area contributed by atoms with E-state index < -0.39 is 16.1 Å². The van der Waals surface area contributed by atoms with Crippen molar-refractivity contribution in [3.8, 4) is 5.75 Å². The van der Waals surface area contributed by atoms with Crippen molar-refractivity contribution in [3.63, 3.8) is 0 Å². The molecule has 1 atom stereocenters. The maximum Gasteiger partial charge on any atom is 0.264 e. The molecule has 2 aliphatic rings. The minimum Gasteiger partial charge on any atom is -0.476 e. The molecule has 34 heavy (non-hydrogen) atoms. The molecule has 184 valence electrons. The van der Waals surface area contributed by atoms with Gasteiger partial charge in [-0.1, -0.05) is 57.9 Å². The van der Waals surface area contributed by atoms with Gasteiger partial charge in [0.05, 0.1) is 17.1 Å². The molecule has 0 bridgehead atoms. The lowest BCUT2D eigenvalue weighted by atomic mass is 9.86. The van der Waals surface area contributed by atoms with Crippen LogP contribution in [-0.4, -0.2) is 44.5 Å². The van der Waals surface area contributed by atoms with Gasteiger partial charge < -0.3 is 10.1 Å². The smallest absolute Gasteiger partial charge is 0.264 e. The number of fused-ring (bicyclic) bond motifs is 1. The van der Waals surface area contributed by atoms with Crippen molar-refractivity contribution in [2.24, 2.45) is 0 Å². The second kappa shape index (κ2) is 10.2. The molecule has 8 heteroatoms. The van der Waals surface area contributed by atoms with Crippen LogP contribution in [0.4, 0.5) is 5.69 Å². The zero-order valence-corrected chi connectivity index (χ0v) is 21.8. The van der Waals surface area contributed by atoms with Crippen molar-refractivity contribution in [2.45, 2.75) is 68.1 Å². The Morgan fingerprint density at radius 2 is 1.82 bits per heavy atom. The molecule has 0 radical (unpaired) electrons. The highest BCUT2D eigenvalue weighted by molar-refractivity contribution is 7.99. The first kappa shape index (κ1) is 24.9. The first-order chi connectivity index (χ1) is 16.2. The lowest BCUT2D eigenvalue weighted by Crippen LogP contribution is -2.51. The Hall–Kier alpha value is -2.19. The molecule has 2 aromatic carbocycles. The lowest BCUT2D eigenvalue weighted by molar-refractivity contribution is -0.127. The Morgan fingerprint density at radius 3 is 2.50 bits per heavy atom. The van der Waals surface area contributed by atoms with Crippen LogP contribution in [0.2, 0.25) is 0 Å². The third-order valence-electron chi connectivity index (χ3n) is 6.38. The third kappa shape index (κ3) is 5.54. The minimum atomic E-state index is -3.87. The number of hydrogen-bond donors (Lipinski definition) is 1. The standard InChI is InChI=1S/C26H34N2O4S2/c1-26(2,3)19-13-14-23-22(17-19)28(34(30,31)21-11-5-4-6-12-21)18-24(32-23)25(29)27-15-16-33-20-9-7-8-10-20/h4-6,11-14,17,20,24H,7-10,15-16,18H2,1-3H3,(H,27,29)/t24-/m0/s1. The van der Waals surface area contributed by atoms with Gasteiger partial charge in [0.15, 0.2) is 6.10 Å². The number of hydrogen-bond acceptors (Lipinski definition) is 5. The van der Waals surface area contributed by atoms with Crippen LogP contribution >= 0.6 is 11.8 Å². The molecule has 0 unspecified atom stereocenters. The van der Waals surface area contributed by atoms with E-state index in [1.165, 1.54) is 30.0 Å². The van der Waals surface area contributed by atoms with Crippen LogP contribution in [0.3, 0.4) is 0 Å². The van der Waals surface area contributed by atoms with E-state index in [1.54, 1.807) is 36.4 Å². The number of nitrogens with zero attached hydrogens (tertiary/aromatic N) is 1. The van der Waals surface area contributed by atoms with Crippen LogP contribution in [0.5, 0.6) is 5.75 Å². The van der Waals surface area contributed by atoms with Gasteiger partial charge in [0.25, 0.3) is 15.9 Å². The molecule has 0 saturated heterocycles. The molecule has 6 nitrogen and oxygen atoms in total. The molecule has 4 rings (SSSR count). The van der Waals surface area contributed by atoms with Gasteiger partial charge in [0.2, 0.25) is 0 Å². The number of carbonyl (C=O) groups excluding carboxylic acids is 1. The zero-order valence-electron chi connectivity index (χ0n) is 20.1. The summed E-state index contributed by atoms with van der Waals surface area (Å²) in [6, 6.07) is 13.9. The number of benzene rings is 2. The number of amides is 1. The number of rotatable bonds is 7. The summed E-state index contributed by atoms with van der Waals surface area (Å²) in [5.41, 5.74) is 1.30. The van der Waals surface area contributed by atoms with Crippen molar-refractivity contribution >= 4 is 33.4 Å². The Kier molecular flexibility index (Phi) is 7.48. The van der Waals surface area contributed by atoms with Crippen LogP contribution in [0.25, 0.3) is 0 Å². The quantitative estimate of drug-likeness (QED) is 0.554. The number of ether oxygens (including phenoxy) is 1. The molecular weight excluding hydrogens is 468 g/mol.